The van der Waals surface area contributed by atoms with Crippen LogP contribution in [-0.2, 0) is 44.4 Å². The summed E-state index contributed by atoms with van der Waals surface area (Å²) in [7, 11) is 5.70. The van der Waals surface area contributed by atoms with E-state index in [0.29, 0.717) is 109 Å². The van der Waals surface area contributed by atoms with Crippen LogP contribution < -0.4 is 10.3 Å². The fourth-order valence-electron chi connectivity index (χ4n) is 14.1. The van der Waals surface area contributed by atoms with Gasteiger partial charge < -0.3 is 38.6 Å². The molecular weight excluding hydrogens is 823 g/mol. The van der Waals surface area contributed by atoms with Gasteiger partial charge >= 0.3 is 6.09 Å². The number of amides is 2. The summed E-state index contributed by atoms with van der Waals surface area (Å²) >= 11 is 0. The SMILES string of the molecule is C=C1OCc2c(cc3n(c2=O)Cc2cc4c(CN(C)C)c(OC(=O)N(C)C5CCN(C(=O)CO[C@H]6CC[C@H]7[C@@H]8CC[C@H]9CC(=O)CC[C@]9(C)[C@H]8CC[C@]67C)CC5)ccc4nc2-3)[C@@]1(O)CC. The molecule has 65 heavy (non-hydrogen) atoms. The molecule has 0 unspecified atom stereocenters. The van der Waals surface area contributed by atoms with E-state index in [1.807, 2.05) is 49.0 Å². The predicted molar refractivity (Wildman–Crippen MR) is 246 cm³/mol. The number of hydrogen-bond acceptors (Lipinski definition) is 10. The third kappa shape index (κ3) is 7.16. The van der Waals surface area contributed by atoms with Crippen molar-refractivity contribution in [1.29, 1.82) is 0 Å². The highest BCUT2D eigenvalue weighted by molar-refractivity contribution is 5.89. The van der Waals surface area contributed by atoms with Crippen molar-refractivity contribution in [3.8, 4) is 17.1 Å². The number of ketones is 1. The van der Waals surface area contributed by atoms with Crippen molar-refractivity contribution >= 4 is 28.7 Å². The van der Waals surface area contributed by atoms with Crippen LogP contribution in [0.3, 0.4) is 0 Å². The van der Waals surface area contributed by atoms with Gasteiger partial charge in [-0.15, -0.1) is 0 Å². The van der Waals surface area contributed by atoms with E-state index in [4.69, 9.17) is 19.2 Å². The summed E-state index contributed by atoms with van der Waals surface area (Å²) in [5.74, 6) is 3.72. The average Bonchev–Trinajstić information content (AvgIpc) is 3.83. The molecule has 7 aliphatic rings. The number of hydrogen-bond donors (Lipinski definition) is 1. The van der Waals surface area contributed by atoms with Gasteiger partial charge in [0.15, 0.2) is 0 Å². The number of rotatable bonds is 8. The van der Waals surface area contributed by atoms with Crippen LogP contribution >= 0.6 is 0 Å². The number of nitrogens with zero attached hydrogens (tertiary/aromatic N) is 5. The van der Waals surface area contributed by atoms with E-state index < -0.39 is 11.7 Å². The first-order valence-electron chi connectivity index (χ1n) is 24.3. The predicted octanol–water partition coefficient (Wildman–Crippen LogP) is 7.55. The van der Waals surface area contributed by atoms with Crippen LogP contribution in [0, 0.1) is 34.5 Å². The molecule has 0 bridgehead atoms. The Hall–Kier alpha value is -4.59. The maximum absolute atomic E-state index is 13.9. The number of pyridine rings is 2. The minimum atomic E-state index is -1.47. The fourth-order valence-corrected chi connectivity index (χ4v) is 14.1. The van der Waals surface area contributed by atoms with Crippen molar-refractivity contribution in [1.82, 2.24) is 24.3 Å². The zero-order valence-electron chi connectivity index (χ0n) is 39.2. The molecule has 8 atom stereocenters. The summed E-state index contributed by atoms with van der Waals surface area (Å²) in [6.07, 6.45) is 10.7. The smallest absolute Gasteiger partial charge is 0.415 e. The molecule has 2 amide bonds. The van der Waals surface area contributed by atoms with E-state index >= 15 is 0 Å². The highest BCUT2D eigenvalue weighted by Crippen LogP contribution is 2.66. The number of carbonyl (C=O) groups is 3. The highest BCUT2D eigenvalue weighted by atomic mass is 16.6. The van der Waals surface area contributed by atoms with Crippen molar-refractivity contribution in [2.45, 2.75) is 135 Å². The lowest BCUT2D eigenvalue weighted by Gasteiger charge is -2.60. The van der Waals surface area contributed by atoms with Crippen LogP contribution in [0.2, 0.25) is 0 Å². The van der Waals surface area contributed by atoms with Crippen LogP contribution in [0.5, 0.6) is 5.75 Å². The van der Waals surface area contributed by atoms with Gasteiger partial charge in [0, 0.05) is 67.6 Å². The van der Waals surface area contributed by atoms with Crippen LogP contribution in [-0.4, -0.2) is 100 Å². The molecular formula is C52H67N5O8. The molecule has 13 nitrogen and oxygen atoms in total. The molecule has 13 heteroatoms. The van der Waals surface area contributed by atoms with Gasteiger partial charge in [-0.1, -0.05) is 27.4 Å². The van der Waals surface area contributed by atoms with E-state index in [-0.39, 0.29) is 53.4 Å². The van der Waals surface area contributed by atoms with Crippen molar-refractivity contribution in [3.05, 3.63) is 69.2 Å². The number of likely N-dealkylation sites (tertiary alicyclic amines) is 1. The number of Topliss-reactive ketones (excluding diaryl/α,β-unsaturated/α-hetero) is 1. The van der Waals surface area contributed by atoms with Crippen molar-refractivity contribution in [3.63, 3.8) is 0 Å². The molecule has 4 aliphatic carbocycles. The van der Waals surface area contributed by atoms with E-state index in [1.165, 1.54) is 19.3 Å². The number of ether oxygens (including phenoxy) is 3. The van der Waals surface area contributed by atoms with Crippen molar-refractivity contribution in [2.75, 3.05) is 40.8 Å². The monoisotopic (exact) mass is 889 g/mol. The molecule has 10 rings (SSSR count). The first kappa shape index (κ1) is 44.3. The molecule has 3 aliphatic heterocycles. The van der Waals surface area contributed by atoms with E-state index in [2.05, 4.69) is 20.4 Å². The summed E-state index contributed by atoms with van der Waals surface area (Å²) < 4.78 is 20.1. The summed E-state index contributed by atoms with van der Waals surface area (Å²) in [5, 5.41) is 12.4. The zero-order chi connectivity index (χ0) is 45.7. The van der Waals surface area contributed by atoms with Crippen LogP contribution in [0.25, 0.3) is 22.3 Å². The maximum Gasteiger partial charge on any atom is 0.415 e. The molecule has 2 aromatic heterocycles. The minimum Gasteiger partial charge on any atom is -0.490 e. The topological polar surface area (TPSA) is 144 Å². The van der Waals surface area contributed by atoms with Crippen molar-refractivity contribution < 1.29 is 33.7 Å². The molecule has 5 fully saturated rings. The second-order valence-corrected chi connectivity index (χ2v) is 21.5. The molecule has 4 saturated carbocycles. The van der Waals surface area contributed by atoms with Gasteiger partial charge in [-0.25, -0.2) is 9.78 Å². The third-order valence-corrected chi connectivity index (χ3v) is 18.1. The normalized spacial score (nSPS) is 31.7. The number of benzene rings is 1. The fraction of sp³-hybridized carbons (Fsp3) is 0.635. The Morgan fingerprint density at radius 3 is 2.51 bits per heavy atom. The first-order chi connectivity index (χ1) is 31.0. The second kappa shape index (κ2) is 16.3. The van der Waals surface area contributed by atoms with Crippen LogP contribution in [0.1, 0.15) is 120 Å². The molecule has 1 saturated heterocycles. The van der Waals surface area contributed by atoms with Gasteiger partial charge in [0.05, 0.1) is 35.1 Å². The molecule has 5 heterocycles. The maximum atomic E-state index is 13.9. The summed E-state index contributed by atoms with van der Waals surface area (Å²) in [6, 6.07) is 7.47. The Morgan fingerprint density at radius 2 is 1.75 bits per heavy atom. The Balaban J connectivity index is 0.773. The molecule has 0 radical (unpaired) electrons. The van der Waals surface area contributed by atoms with Crippen molar-refractivity contribution in [2.24, 2.45) is 34.5 Å². The standard InChI is InChI=1S/C52H67N5O8/c1-8-52(62)30(2)63-28-38-41(52)25-43-47-31(26-57(43)48(38)60)23-36-37(27-54(5)6)44(13-12-42(36)53-47)65-49(61)55(7)33-17-21-56(22-18-33)46(59)29-64-45-14-11-39-35-10-9-32-24-34(58)15-19-50(32,3)40(35)16-20-51(39,45)4/h12-13,23,25,32-33,35,39-40,45,62H,2,8-11,14-22,24,26-29H2,1,3-7H3/t32-,35-,39-,40-,45-,50-,51-,52+/m0/s1. The van der Waals surface area contributed by atoms with Crippen LogP contribution in [0.4, 0.5) is 4.79 Å². The zero-order valence-corrected chi connectivity index (χ0v) is 39.2. The number of fused-ring (bicyclic) bond motifs is 10. The minimum absolute atomic E-state index is 0.0221. The van der Waals surface area contributed by atoms with Crippen LogP contribution in [0.15, 0.2) is 41.4 Å². The Bertz CT molecular complexity index is 2530. The molecule has 1 N–H and O–H groups in total. The molecule has 0 spiro atoms. The first-order valence-corrected chi connectivity index (χ1v) is 24.3. The molecule has 1 aromatic carbocycles. The number of carbonyl (C=O) groups excluding carboxylic acids is 3. The van der Waals surface area contributed by atoms with Gasteiger partial charge in [-0.3, -0.25) is 14.4 Å². The third-order valence-electron chi connectivity index (χ3n) is 18.1. The second-order valence-electron chi connectivity index (χ2n) is 21.5. The van der Waals surface area contributed by atoms with Gasteiger partial charge in [-0.2, -0.15) is 0 Å². The van der Waals surface area contributed by atoms with Gasteiger partial charge in [0.25, 0.3) is 5.56 Å². The molecule has 348 valence electrons. The highest BCUT2D eigenvalue weighted by Gasteiger charge is 2.60. The largest absolute Gasteiger partial charge is 0.490 e. The van der Waals surface area contributed by atoms with Gasteiger partial charge in [0.2, 0.25) is 5.91 Å². The van der Waals surface area contributed by atoms with Gasteiger partial charge in [-0.05, 0) is 137 Å². The number of piperidine rings is 1. The average molecular weight is 890 g/mol. The lowest BCUT2D eigenvalue weighted by molar-refractivity contribution is -0.153. The molecule has 3 aromatic rings. The summed E-state index contributed by atoms with van der Waals surface area (Å²) in [5.41, 5.74) is 3.35. The number of aromatic nitrogens is 2. The Kier molecular flexibility index (Phi) is 11.1. The van der Waals surface area contributed by atoms with E-state index in [0.717, 1.165) is 55.0 Å². The quantitative estimate of drug-likeness (QED) is 0.189. The Labute approximate surface area is 382 Å². The lowest BCUT2D eigenvalue weighted by Crippen LogP contribution is -2.54. The lowest BCUT2D eigenvalue weighted by atomic mass is 9.45. The van der Waals surface area contributed by atoms with E-state index in [9.17, 15) is 24.3 Å². The summed E-state index contributed by atoms with van der Waals surface area (Å²) in [4.78, 5) is 64.4. The number of aliphatic hydroxyl groups is 1. The van der Waals surface area contributed by atoms with Gasteiger partial charge in [0.1, 0.15) is 36.1 Å². The summed E-state index contributed by atoms with van der Waals surface area (Å²) in [6.45, 7) is 12.8. The van der Waals surface area contributed by atoms with E-state index in [1.54, 1.807) is 22.6 Å². The Morgan fingerprint density at radius 1 is 0.985 bits per heavy atom.